The van der Waals surface area contributed by atoms with Crippen LogP contribution in [0.5, 0.6) is 5.75 Å². The van der Waals surface area contributed by atoms with Gasteiger partial charge in [0.2, 0.25) is 5.91 Å². The summed E-state index contributed by atoms with van der Waals surface area (Å²) in [5, 5.41) is 3.81. The van der Waals surface area contributed by atoms with Crippen molar-refractivity contribution < 1.29 is 13.9 Å². The van der Waals surface area contributed by atoms with E-state index >= 15 is 0 Å². The van der Waals surface area contributed by atoms with E-state index in [0.29, 0.717) is 19.7 Å². The molecule has 1 N–H and O–H groups in total. The van der Waals surface area contributed by atoms with Gasteiger partial charge in [-0.3, -0.25) is 4.79 Å². The van der Waals surface area contributed by atoms with Crippen LogP contribution in [-0.2, 0) is 11.2 Å². The second-order valence-corrected chi connectivity index (χ2v) is 8.82. The number of nitrogens with one attached hydrogen (secondary N) is 1. The molecule has 5 nitrogen and oxygen atoms in total. The molecule has 0 saturated carbocycles. The second kappa shape index (κ2) is 9.19. The van der Waals surface area contributed by atoms with Crippen molar-refractivity contribution in [3.63, 3.8) is 0 Å². The van der Waals surface area contributed by atoms with Crippen molar-refractivity contribution in [2.45, 2.75) is 19.8 Å². The van der Waals surface area contributed by atoms with E-state index in [1.165, 1.54) is 29.0 Å². The molecule has 4 aromatic rings. The molecule has 0 radical (unpaired) electrons. The summed E-state index contributed by atoms with van der Waals surface area (Å²) in [5.74, 6) is 0.624. The van der Waals surface area contributed by atoms with Crippen LogP contribution < -0.4 is 4.74 Å². The van der Waals surface area contributed by atoms with Gasteiger partial charge in [0.1, 0.15) is 16.6 Å². The van der Waals surface area contributed by atoms with Crippen LogP contribution in [-0.4, -0.2) is 40.5 Å². The van der Waals surface area contributed by atoms with Crippen molar-refractivity contribution in [1.29, 1.82) is 0 Å². The lowest BCUT2D eigenvalue weighted by molar-refractivity contribution is -0.130. The van der Waals surface area contributed by atoms with Crippen LogP contribution in [0.3, 0.4) is 0 Å². The highest BCUT2D eigenvalue weighted by Crippen LogP contribution is 2.33. The summed E-state index contributed by atoms with van der Waals surface area (Å²) in [7, 11) is 0. The minimum Gasteiger partial charge on any atom is -0.493 e. The molecule has 0 fully saturated rings. The summed E-state index contributed by atoms with van der Waals surface area (Å²) in [6, 6.07) is 12.6. The number of halogens is 1. The van der Waals surface area contributed by atoms with Gasteiger partial charge in [-0.05, 0) is 49.2 Å². The Hall–Kier alpha value is -3.45. The number of rotatable bonds is 6. The summed E-state index contributed by atoms with van der Waals surface area (Å²) in [5.41, 5.74) is 4.77. The number of amides is 1. The molecule has 168 valence electrons. The lowest BCUT2D eigenvalue weighted by Gasteiger charge is -2.26. The zero-order valence-corrected chi connectivity index (χ0v) is 19.1. The lowest BCUT2D eigenvalue weighted by atomic mass is 9.98. The molecule has 3 heterocycles. The van der Waals surface area contributed by atoms with Crippen molar-refractivity contribution in [1.82, 2.24) is 14.9 Å². The van der Waals surface area contributed by atoms with Crippen LogP contribution in [0, 0.1) is 5.82 Å². The quantitative estimate of drug-likeness (QED) is 0.401. The Morgan fingerprint density at radius 1 is 1.24 bits per heavy atom. The molecule has 1 aliphatic rings. The number of aromatic nitrogens is 2. The van der Waals surface area contributed by atoms with Gasteiger partial charge in [0, 0.05) is 41.1 Å². The van der Waals surface area contributed by atoms with Crippen LogP contribution in [0.2, 0.25) is 0 Å². The molecule has 1 aliphatic heterocycles. The Balaban J connectivity index is 1.26. The number of carbonyl (C=O) groups excluding carboxylic acids is 1. The molecule has 2 aromatic carbocycles. The third-order valence-corrected chi connectivity index (χ3v) is 6.78. The predicted octanol–water partition coefficient (Wildman–Crippen LogP) is 5.69. The summed E-state index contributed by atoms with van der Waals surface area (Å²) in [4.78, 5) is 22.6. The van der Waals surface area contributed by atoms with E-state index < -0.39 is 0 Å². The molecule has 0 atom stereocenters. The number of hydrogen-bond acceptors (Lipinski definition) is 4. The predicted molar refractivity (Wildman–Crippen MR) is 130 cm³/mol. The van der Waals surface area contributed by atoms with Crippen molar-refractivity contribution in [3.05, 3.63) is 77.2 Å². The molecule has 0 unspecified atom stereocenters. The molecule has 0 bridgehead atoms. The van der Waals surface area contributed by atoms with E-state index in [1.807, 2.05) is 47.7 Å². The van der Waals surface area contributed by atoms with E-state index in [2.05, 4.69) is 11.1 Å². The van der Waals surface area contributed by atoms with Gasteiger partial charge >= 0.3 is 0 Å². The van der Waals surface area contributed by atoms with Crippen molar-refractivity contribution in [2.24, 2.45) is 0 Å². The fourth-order valence-corrected chi connectivity index (χ4v) is 5.06. The number of para-hydroxylation sites is 1. The van der Waals surface area contributed by atoms with Gasteiger partial charge in [-0.1, -0.05) is 18.2 Å². The van der Waals surface area contributed by atoms with E-state index in [1.54, 1.807) is 6.07 Å². The maximum absolute atomic E-state index is 13.5. The van der Waals surface area contributed by atoms with Crippen LogP contribution in [0.25, 0.3) is 27.0 Å². The molecular formula is C26H24FN3O2S. The molecule has 0 aliphatic carbocycles. The average Bonchev–Trinajstić information content (AvgIpc) is 3.46. The fraction of sp³-hybridized carbons (Fsp3) is 0.231. The molecular weight excluding hydrogens is 437 g/mol. The Labute approximate surface area is 195 Å². The SMILES string of the molecule is CCOc1ccccc1-c1nc(CC(=O)N2CC=C(c3c[nH]c4cc(F)ccc34)CC2)cs1. The van der Waals surface area contributed by atoms with Gasteiger partial charge in [-0.2, -0.15) is 0 Å². The summed E-state index contributed by atoms with van der Waals surface area (Å²) in [6.07, 6.45) is 5.06. The maximum atomic E-state index is 13.5. The smallest absolute Gasteiger partial charge is 0.228 e. The Morgan fingerprint density at radius 2 is 2.12 bits per heavy atom. The van der Waals surface area contributed by atoms with Gasteiger partial charge in [-0.15, -0.1) is 11.3 Å². The summed E-state index contributed by atoms with van der Waals surface area (Å²) in [6.45, 7) is 3.77. The van der Waals surface area contributed by atoms with Crippen molar-refractivity contribution in [3.8, 4) is 16.3 Å². The Morgan fingerprint density at radius 3 is 2.94 bits per heavy atom. The normalized spacial score (nSPS) is 13.9. The minimum atomic E-state index is -0.253. The van der Waals surface area contributed by atoms with Gasteiger partial charge in [0.25, 0.3) is 0 Å². The zero-order valence-electron chi connectivity index (χ0n) is 18.3. The zero-order chi connectivity index (χ0) is 22.8. The number of thiazole rings is 1. The van der Waals surface area contributed by atoms with E-state index in [4.69, 9.17) is 9.72 Å². The van der Waals surface area contributed by atoms with Crippen molar-refractivity contribution >= 4 is 33.7 Å². The van der Waals surface area contributed by atoms with Gasteiger partial charge in [0.15, 0.2) is 0 Å². The number of carbonyl (C=O) groups is 1. The highest BCUT2D eigenvalue weighted by atomic mass is 32.1. The number of fused-ring (bicyclic) bond motifs is 1. The monoisotopic (exact) mass is 461 g/mol. The molecule has 7 heteroatoms. The largest absolute Gasteiger partial charge is 0.493 e. The Kier molecular flexibility index (Phi) is 5.96. The van der Waals surface area contributed by atoms with Gasteiger partial charge < -0.3 is 14.6 Å². The van der Waals surface area contributed by atoms with Crippen LogP contribution in [0.1, 0.15) is 24.6 Å². The van der Waals surface area contributed by atoms with Gasteiger partial charge in [-0.25, -0.2) is 9.37 Å². The molecule has 5 rings (SSSR count). The van der Waals surface area contributed by atoms with E-state index in [9.17, 15) is 9.18 Å². The first kappa shape index (κ1) is 21.4. The number of aromatic amines is 1. The summed E-state index contributed by atoms with van der Waals surface area (Å²) >= 11 is 1.53. The fourth-order valence-electron chi connectivity index (χ4n) is 4.21. The van der Waals surface area contributed by atoms with Gasteiger partial charge in [0.05, 0.1) is 24.3 Å². The maximum Gasteiger partial charge on any atom is 0.228 e. The van der Waals surface area contributed by atoms with Crippen molar-refractivity contribution in [2.75, 3.05) is 19.7 Å². The van der Waals surface area contributed by atoms with E-state index in [-0.39, 0.29) is 18.1 Å². The topological polar surface area (TPSA) is 58.2 Å². The van der Waals surface area contributed by atoms with E-state index in [0.717, 1.165) is 44.9 Å². The van der Waals surface area contributed by atoms with Crippen LogP contribution in [0.4, 0.5) is 4.39 Å². The number of hydrogen-bond donors (Lipinski definition) is 1. The summed E-state index contributed by atoms with van der Waals surface area (Å²) < 4.78 is 19.2. The minimum absolute atomic E-state index is 0.0706. The number of H-pyrrole nitrogens is 1. The highest BCUT2D eigenvalue weighted by molar-refractivity contribution is 7.13. The average molecular weight is 462 g/mol. The number of ether oxygens (including phenoxy) is 1. The third-order valence-electron chi connectivity index (χ3n) is 5.85. The molecule has 33 heavy (non-hydrogen) atoms. The number of nitrogens with zero attached hydrogens (tertiary/aromatic N) is 2. The number of benzene rings is 2. The molecule has 1 amide bonds. The lowest BCUT2D eigenvalue weighted by Crippen LogP contribution is -2.35. The first-order chi connectivity index (χ1) is 16.1. The second-order valence-electron chi connectivity index (χ2n) is 7.96. The Bertz CT molecular complexity index is 1340. The third kappa shape index (κ3) is 4.41. The molecule has 0 saturated heterocycles. The standard InChI is InChI=1S/C26H24FN3O2S/c1-2-32-24-6-4-3-5-21(24)26-29-19(16-33-26)14-25(31)30-11-9-17(10-12-30)22-15-28-23-13-18(27)7-8-20(22)23/h3-9,13,15-16,28H,2,10-12,14H2,1H3. The first-order valence-electron chi connectivity index (χ1n) is 11.0. The molecule has 2 aromatic heterocycles. The van der Waals surface area contributed by atoms with Crippen LogP contribution in [0.15, 0.2) is 60.1 Å². The first-order valence-corrected chi connectivity index (χ1v) is 11.9. The molecule has 0 spiro atoms. The highest BCUT2D eigenvalue weighted by Gasteiger charge is 2.21. The van der Waals surface area contributed by atoms with Crippen LogP contribution >= 0.6 is 11.3 Å².